The number of rotatable bonds is 3. The van der Waals surface area contributed by atoms with Gasteiger partial charge in [0, 0.05) is 31.6 Å². The van der Waals surface area contributed by atoms with Crippen LogP contribution < -0.4 is 10.2 Å². The molecule has 5 nitrogen and oxygen atoms in total. The van der Waals surface area contributed by atoms with E-state index in [4.69, 9.17) is 5.26 Å². The van der Waals surface area contributed by atoms with Crippen molar-refractivity contribution in [2.45, 2.75) is 38.3 Å². The van der Waals surface area contributed by atoms with Gasteiger partial charge in [0.25, 0.3) is 5.91 Å². The average molecular weight is 456 g/mol. The molecule has 11 heteroatoms. The van der Waals surface area contributed by atoms with Crippen molar-refractivity contribution in [3.8, 4) is 6.07 Å². The third-order valence-corrected chi connectivity index (χ3v) is 5.11. The second-order valence-corrected chi connectivity index (χ2v) is 7.45. The number of aryl methyl sites for hydroxylation is 1. The van der Waals surface area contributed by atoms with Crippen LogP contribution in [0.2, 0.25) is 0 Å². The minimum Gasteiger partial charge on any atom is -0.356 e. The number of nitrogens with zero attached hydrogens (tertiary/aromatic N) is 3. The topological polar surface area (TPSA) is 69.0 Å². The first-order chi connectivity index (χ1) is 14.9. The number of anilines is 2. The van der Waals surface area contributed by atoms with Gasteiger partial charge in [0.15, 0.2) is 0 Å². The van der Waals surface area contributed by atoms with Crippen LogP contribution in [-0.2, 0) is 6.18 Å². The van der Waals surface area contributed by atoms with E-state index in [0.29, 0.717) is 6.07 Å². The largest absolute Gasteiger partial charge is 0.418 e. The maximum atomic E-state index is 13.8. The Hall–Kier alpha value is -3.29. The number of pyridine rings is 1. The number of alkyl halides is 5. The molecule has 0 spiro atoms. The van der Waals surface area contributed by atoms with Crippen LogP contribution in [-0.4, -0.2) is 29.9 Å². The number of halogens is 6. The molecule has 1 fully saturated rings. The van der Waals surface area contributed by atoms with Gasteiger partial charge in [-0.1, -0.05) is 0 Å². The Labute approximate surface area is 179 Å². The number of nitrogens with one attached hydrogen (secondary N) is 1. The lowest BCUT2D eigenvalue weighted by Gasteiger charge is -2.25. The molecule has 0 saturated carbocycles. The predicted octanol–water partition coefficient (Wildman–Crippen LogP) is 5.30. The van der Waals surface area contributed by atoms with Crippen molar-refractivity contribution in [1.82, 2.24) is 4.98 Å². The van der Waals surface area contributed by atoms with Crippen molar-refractivity contribution in [1.29, 1.82) is 5.26 Å². The summed E-state index contributed by atoms with van der Waals surface area (Å²) in [4.78, 5) is 18.2. The van der Waals surface area contributed by atoms with Crippen molar-refractivity contribution >= 4 is 17.4 Å². The van der Waals surface area contributed by atoms with Gasteiger partial charge in [-0.3, -0.25) is 4.79 Å². The van der Waals surface area contributed by atoms with Gasteiger partial charge in [0.1, 0.15) is 17.7 Å². The number of hydrogen-bond donors (Lipinski definition) is 1. The van der Waals surface area contributed by atoms with E-state index in [1.807, 2.05) is 0 Å². The second kappa shape index (κ2) is 8.68. The molecule has 1 aromatic heterocycles. The first-order valence-electron chi connectivity index (χ1n) is 9.64. The maximum Gasteiger partial charge on any atom is 0.418 e. The molecule has 1 aromatic carbocycles. The van der Waals surface area contributed by atoms with Crippen LogP contribution in [0.25, 0.3) is 0 Å². The number of benzene rings is 1. The van der Waals surface area contributed by atoms with Crippen LogP contribution in [0.3, 0.4) is 0 Å². The SMILES string of the molecule is Cc1nc(N2CCCC(F)(F)CC2)c(C(=O)Nc2ccc(F)c(C#N)c2)cc1C(F)(F)F. The van der Waals surface area contributed by atoms with E-state index in [2.05, 4.69) is 10.3 Å². The summed E-state index contributed by atoms with van der Waals surface area (Å²) in [5.41, 5.74) is -2.38. The molecule has 0 bridgehead atoms. The van der Waals surface area contributed by atoms with E-state index in [0.717, 1.165) is 25.1 Å². The summed E-state index contributed by atoms with van der Waals surface area (Å²) in [5.74, 6) is -4.88. The maximum absolute atomic E-state index is 13.8. The molecular formula is C21H18F6N4O. The zero-order chi connectivity index (χ0) is 23.7. The van der Waals surface area contributed by atoms with Crippen LogP contribution in [0.15, 0.2) is 24.3 Å². The summed E-state index contributed by atoms with van der Waals surface area (Å²) >= 11 is 0. The van der Waals surface area contributed by atoms with E-state index in [9.17, 15) is 31.1 Å². The zero-order valence-electron chi connectivity index (χ0n) is 16.9. The molecule has 1 saturated heterocycles. The van der Waals surface area contributed by atoms with Crippen LogP contribution in [0.5, 0.6) is 0 Å². The van der Waals surface area contributed by atoms with E-state index >= 15 is 0 Å². The Balaban J connectivity index is 2.03. The molecule has 1 aliphatic rings. The van der Waals surface area contributed by atoms with Crippen LogP contribution in [0.1, 0.15) is 46.4 Å². The summed E-state index contributed by atoms with van der Waals surface area (Å²) in [6.45, 7) is 1.02. The fourth-order valence-electron chi connectivity index (χ4n) is 3.45. The van der Waals surface area contributed by atoms with Gasteiger partial charge in [0.2, 0.25) is 5.92 Å². The fraction of sp³-hybridized carbons (Fsp3) is 0.381. The molecule has 1 amide bonds. The Bertz CT molecular complexity index is 1080. The number of amides is 1. The Morgan fingerprint density at radius 3 is 2.59 bits per heavy atom. The molecular weight excluding hydrogens is 438 g/mol. The van der Waals surface area contributed by atoms with Gasteiger partial charge in [-0.15, -0.1) is 0 Å². The molecule has 170 valence electrons. The summed E-state index contributed by atoms with van der Waals surface area (Å²) in [5, 5.41) is 11.3. The summed E-state index contributed by atoms with van der Waals surface area (Å²) < 4.78 is 81.4. The number of aromatic nitrogens is 1. The fourth-order valence-corrected chi connectivity index (χ4v) is 3.45. The average Bonchev–Trinajstić information content (AvgIpc) is 2.88. The molecule has 0 atom stereocenters. The van der Waals surface area contributed by atoms with Crippen LogP contribution in [0.4, 0.5) is 37.8 Å². The monoisotopic (exact) mass is 456 g/mol. The third kappa shape index (κ3) is 5.12. The second-order valence-electron chi connectivity index (χ2n) is 7.45. The number of carbonyl (C=O) groups excluding carboxylic acids is 1. The minimum atomic E-state index is -4.79. The number of hydrogen-bond acceptors (Lipinski definition) is 4. The smallest absolute Gasteiger partial charge is 0.356 e. The van der Waals surface area contributed by atoms with Crippen LogP contribution in [0, 0.1) is 24.1 Å². The highest BCUT2D eigenvalue weighted by molar-refractivity contribution is 6.07. The molecule has 1 N–H and O–H groups in total. The number of nitriles is 1. The molecule has 1 aliphatic heterocycles. The molecule has 2 aromatic rings. The standard InChI is InChI=1S/C21H18F6N4O/c1-12-16(21(25,26)27)10-15(18(29-12)31-7-2-5-20(23,24)6-8-31)19(32)30-14-3-4-17(22)13(9-14)11-28/h3-4,9-10H,2,5-8H2,1H3,(H,30,32). The molecule has 0 aliphatic carbocycles. The Kier molecular flexibility index (Phi) is 6.34. The molecule has 3 rings (SSSR count). The molecule has 0 radical (unpaired) electrons. The highest BCUT2D eigenvalue weighted by atomic mass is 19.4. The predicted molar refractivity (Wildman–Crippen MR) is 104 cm³/mol. The van der Waals surface area contributed by atoms with E-state index < -0.39 is 47.1 Å². The number of carbonyl (C=O) groups is 1. The van der Waals surface area contributed by atoms with Gasteiger partial charge < -0.3 is 10.2 Å². The Morgan fingerprint density at radius 1 is 1.22 bits per heavy atom. The van der Waals surface area contributed by atoms with E-state index in [-0.39, 0.29) is 43.0 Å². The normalized spacial score (nSPS) is 16.2. The lowest BCUT2D eigenvalue weighted by Crippen LogP contribution is -2.30. The van der Waals surface area contributed by atoms with Crippen molar-refractivity contribution in [2.24, 2.45) is 0 Å². The molecule has 32 heavy (non-hydrogen) atoms. The lowest BCUT2D eigenvalue weighted by atomic mass is 10.1. The lowest BCUT2D eigenvalue weighted by molar-refractivity contribution is -0.138. The summed E-state index contributed by atoms with van der Waals surface area (Å²) in [6, 6.07) is 5.34. The van der Waals surface area contributed by atoms with Crippen molar-refractivity contribution in [3.05, 3.63) is 52.5 Å². The van der Waals surface area contributed by atoms with Gasteiger partial charge >= 0.3 is 6.18 Å². The first-order valence-corrected chi connectivity index (χ1v) is 9.64. The summed E-state index contributed by atoms with van der Waals surface area (Å²) in [7, 11) is 0. The van der Waals surface area contributed by atoms with Crippen molar-refractivity contribution in [3.63, 3.8) is 0 Å². The highest BCUT2D eigenvalue weighted by Gasteiger charge is 2.37. The van der Waals surface area contributed by atoms with Gasteiger partial charge in [-0.25, -0.2) is 18.2 Å². The quantitative estimate of drug-likeness (QED) is 0.637. The molecule has 0 unspecified atom stereocenters. The van der Waals surface area contributed by atoms with Gasteiger partial charge in [-0.05, 0) is 37.6 Å². The minimum absolute atomic E-state index is 0.0181. The van der Waals surface area contributed by atoms with Gasteiger partial charge in [0.05, 0.1) is 22.4 Å². The molecule has 2 heterocycles. The Morgan fingerprint density at radius 2 is 1.94 bits per heavy atom. The third-order valence-electron chi connectivity index (χ3n) is 5.11. The van der Waals surface area contributed by atoms with E-state index in [1.165, 1.54) is 4.90 Å². The first kappa shape index (κ1) is 23.4. The van der Waals surface area contributed by atoms with Crippen molar-refractivity contribution < 1.29 is 31.1 Å². The van der Waals surface area contributed by atoms with Gasteiger partial charge in [-0.2, -0.15) is 18.4 Å². The van der Waals surface area contributed by atoms with Crippen molar-refractivity contribution in [2.75, 3.05) is 23.3 Å². The summed E-state index contributed by atoms with van der Waals surface area (Å²) in [6.07, 6.45) is -5.63. The van der Waals surface area contributed by atoms with Crippen LogP contribution >= 0.6 is 0 Å². The zero-order valence-corrected chi connectivity index (χ0v) is 16.9. The highest BCUT2D eigenvalue weighted by Crippen LogP contribution is 2.36. The van der Waals surface area contributed by atoms with E-state index in [1.54, 1.807) is 6.07 Å².